The molecule has 1 amide bonds. The number of rotatable bonds is 2. The van der Waals surface area contributed by atoms with Crippen molar-refractivity contribution in [3.05, 3.63) is 52.8 Å². The van der Waals surface area contributed by atoms with Crippen LogP contribution in [0.4, 0.5) is 5.69 Å². The first-order valence-electron chi connectivity index (χ1n) is 6.30. The lowest BCUT2D eigenvalue weighted by molar-refractivity contribution is -0.117. The predicted octanol–water partition coefficient (Wildman–Crippen LogP) is 3.16. The smallest absolute Gasteiger partial charge is 0.235 e. The Balaban J connectivity index is 1.85. The van der Waals surface area contributed by atoms with Gasteiger partial charge in [0.15, 0.2) is 5.15 Å². The Hall–Kier alpha value is -2.07. The zero-order chi connectivity index (χ0) is 14.1. The van der Waals surface area contributed by atoms with Crippen molar-refractivity contribution < 1.29 is 9.53 Å². The summed E-state index contributed by atoms with van der Waals surface area (Å²) in [6, 6.07) is 9.37. The van der Waals surface area contributed by atoms with Gasteiger partial charge in [0.25, 0.3) is 0 Å². The van der Waals surface area contributed by atoms with Crippen molar-refractivity contribution in [3.8, 4) is 5.75 Å². The maximum atomic E-state index is 12.4. The highest BCUT2D eigenvalue weighted by atomic mass is 35.5. The second kappa shape index (κ2) is 5.13. The maximum Gasteiger partial charge on any atom is 0.235 e. The minimum Gasteiger partial charge on any atom is -0.492 e. The molecule has 1 aliphatic rings. The number of ether oxygens (including phenoxy) is 1. The molecule has 0 saturated heterocycles. The van der Waals surface area contributed by atoms with Crippen LogP contribution in [0.1, 0.15) is 17.0 Å². The summed E-state index contributed by atoms with van der Waals surface area (Å²) in [4.78, 5) is 16.4. The number of fused-ring (bicyclic) bond motifs is 1. The molecule has 2 aromatic rings. The van der Waals surface area contributed by atoms with E-state index in [1.807, 2.05) is 31.2 Å². The number of carbonyl (C=O) groups excluding carboxylic acids is 1. The lowest BCUT2D eigenvalue weighted by Crippen LogP contribution is -2.23. The molecule has 4 nitrogen and oxygen atoms in total. The molecule has 0 radical (unpaired) electrons. The third-order valence-electron chi connectivity index (χ3n) is 3.38. The van der Waals surface area contributed by atoms with Crippen LogP contribution >= 0.6 is 11.6 Å². The van der Waals surface area contributed by atoms with Gasteiger partial charge in [-0.15, -0.1) is 0 Å². The van der Waals surface area contributed by atoms with Gasteiger partial charge < -0.3 is 10.1 Å². The van der Waals surface area contributed by atoms with E-state index in [2.05, 4.69) is 10.3 Å². The molecule has 0 aliphatic carbocycles. The molecule has 1 aromatic carbocycles. The van der Waals surface area contributed by atoms with Gasteiger partial charge in [0.2, 0.25) is 5.91 Å². The molecule has 20 heavy (non-hydrogen) atoms. The van der Waals surface area contributed by atoms with Gasteiger partial charge in [-0.1, -0.05) is 29.8 Å². The molecule has 1 atom stereocenters. The van der Waals surface area contributed by atoms with Gasteiger partial charge in [-0.05, 0) is 24.6 Å². The molecular formula is C15H13ClN2O2. The highest BCUT2D eigenvalue weighted by Crippen LogP contribution is 2.34. The molecule has 1 aliphatic heterocycles. The average molecular weight is 289 g/mol. The first-order chi connectivity index (χ1) is 9.66. The number of nitrogens with zero attached hydrogens (tertiary/aromatic N) is 1. The van der Waals surface area contributed by atoms with Crippen molar-refractivity contribution in [1.82, 2.24) is 4.98 Å². The fourth-order valence-corrected chi connectivity index (χ4v) is 2.52. The molecule has 0 spiro atoms. The second-order valence-electron chi connectivity index (χ2n) is 4.68. The number of hydrogen-bond acceptors (Lipinski definition) is 3. The number of carbonyl (C=O) groups is 1. The topological polar surface area (TPSA) is 51.2 Å². The summed E-state index contributed by atoms with van der Waals surface area (Å²) in [6.45, 7) is 2.23. The van der Waals surface area contributed by atoms with E-state index in [9.17, 15) is 4.79 Å². The van der Waals surface area contributed by atoms with Crippen molar-refractivity contribution in [2.75, 3.05) is 11.9 Å². The number of anilines is 1. The first kappa shape index (κ1) is 12.9. The van der Waals surface area contributed by atoms with Crippen LogP contribution in [-0.2, 0) is 4.79 Å². The zero-order valence-electron chi connectivity index (χ0n) is 10.9. The number of aromatic nitrogens is 1. The van der Waals surface area contributed by atoms with E-state index in [-0.39, 0.29) is 11.8 Å². The van der Waals surface area contributed by atoms with E-state index in [1.165, 1.54) is 0 Å². The fraction of sp³-hybridized carbons (Fsp3) is 0.200. The van der Waals surface area contributed by atoms with Crippen LogP contribution in [0.2, 0.25) is 5.15 Å². The van der Waals surface area contributed by atoms with Gasteiger partial charge in [0, 0.05) is 11.8 Å². The van der Waals surface area contributed by atoms with Crippen molar-refractivity contribution in [2.24, 2.45) is 0 Å². The molecule has 1 unspecified atom stereocenters. The van der Waals surface area contributed by atoms with Crippen LogP contribution in [0.5, 0.6) is 5.75 Å². The van der Waals surface area contributed by atoms with Crippen LogP contribution in [0.25, 0.3) is 0 Å². The van der Waals surface area contributed by atoms with Crippen LogP contribution in [-0.4, -0.2) is 17.5 Å². The summed E-state index contributed by atoms with van der Waals surface area (Å²) >= 11 is 6.02. The largest absolute Gasteiger partial charge is 0.492 e. The minimum atomic E-state index is -0.318. The molecule has 0 bridgehead atoms. The van der Waals surface area contributed by atoms with E-state index >= 15 is 0 Å². The quantitative estimate of drug-likeness (QED) is 0.864. The van der Waals surface area contributed by atoms with Gasteiger partial charge in [0.05, 0.1) is 5.69 Å². The molecule has 5 heteroatoms. The molecule has 3 rings (SSSR count). The second-order valence-corrected chi connectivity index (χ2v) is 5.04. The predicted molar refractivity (Wildman–Crippen MR) is 77.3 cm³/mol. The Morgan fingerprint density at radius 2 is 2.20 bits per heavy atom. The highest BCUT2D eigenvalue weighted by Gasteiger charge is 2.30. The number of pyridine rings is 1. The Bertz CT molecular complexity index is 652. The van der Waals surface area contributed by atoms with Gasteiger partial charge >= 0.3 is 0 Å². The lowest BCUT2D eigenvalue weighted by atomic mass is 10.0. The number of halogens is 1. The fourth-order valence-electron chi connectivity index (χ4n) is 2.27. The first-order valence-corrected chi connectivity index (χ1v) is 6.68. The molecule has 0 saturated carbocycles. The number of benzene rings is 1. The Morgan fingerprint density at radius 3 is 3.00 bits per heavy atom. The van der Waals surface area contributed by atoms with Crippen molar-refractivity contribution >= 4 is 23.2 Å². The Labute approximate surface area is 121 Å². The Kier molecular flexibility index (Phi) is 3.32. The molecule has 2 heterocycles. The van der Waals surface area contributed by atoms with Crippen molar-refractivity contribution in [3.63, 3.8) is 0 Å². The Morgan fingerprint density at radius 1 is 1.40 bits per heavy atom. The summed E-state index contributed by atoms with van der Waals surface area (Å²) in [5.74, 6) is 0.316. The van der Waals surface area contributed by atoms with Crippen molar-refractivity contribution in [1.29, 1.82) is 0 Å². The third-order valence-corrected chi connectivity index (χ3v) is 3.66. The summed E-state index contributed by atoms with van der Waals surface area (Å²) in [5, 5.41) is 3.14. The molecule has 0 fully saturated rings. The molecule has 1 N–H and O–H groups in total. The number of nitrogens with one attached hydrogen (secondary N) is 1. The highest BCUT2D eigenvalue weighted by molar-refractivity contribution is 6.32. The molecule has 102 valence electrons. The SMILES string of the molecule is Cc1ccnc(Cl)c1NC(=O)C1COc2ccccc21. The van der Waals surface area contributed by atoms with Gasteiger partial charge in [-0.3, -0.25) is 4.79 Å². The number of hydrogen-bond donors (Lipinski definition) is 1. The summed E-state index contributed by atoms with van der Waals surface area (Å²) in [6.07, 6.45) is 1.61. The number of aryl methyl sites for hydroxylation is 1. The van der Waals surface area contributed by atoms with Crippen LogP contribution in [0.3, 0.4) is 0 Å². The van der Waals surface area contributed by atoms with E-state index in [4.69, 9.17) is 16.3 Å². The maximum absolute atomic E-state index is 12.4. The molecular weight excluding hydrogens is 276 g/mol. The van der Waals surface area contributed by atoms with Gasteiger partial charge in [-0.25, -0.2) is 4.98 Å². The monoisotopic (exact) mass is 288 g/mol. The van der Waals surface area contributed by atoms with Crippen LogP contribution in [0, 0.1) is 6.92 Å². The normalized spacial score (nSPS) is 16.4. The lowest BCUT2D eigenvalue weighted by Gasteiger charge is -2.13. The van der Waals surface area contributed by atoms with Gasteiger partial charge in [0.1, 0.15) is 18.3 Å². The van der Waals surface area contributed by atoms with E-state index < -0.39 is 0 Å². The van der Waals surface area contributed by atoms with E-state index in [0.717, 1.165) is 16.9 Å². The van der Waals surface area contributed by atoms with E-state index in [0.29, 0.717) is 17.4 Å². The summed E-state index contributed by atoms with van der Waals surface area (Å²) in [5.41, 5.74) is 2.34. The minimum absolute atomic E-state index is 0.132. The van der Waals surface area contributed by atoms with Crippen LogP contribution < -0.4 is 10.1 Å². The van der Waals surface area contributed by atoms with Crippen LogP contribution in [0.15, 0.2) is 36.5 Å². The zero-order valence-corrected chi connectivity index (χ0v) is 11.6. The van der Waals surface area contributed by atoms with Gasteiger partial charge in [-0.2, -0.15) is 0 Å². The average Bonchev–Trinajstić information content (AvgIpc) is 2.87. The summed E-state index contributed by atoms with van der Waals surface area (Å²) < 4.78 is 5.52. The number of amides is 1. The third kappa shape index (κ3) is 2.23. The standard InChI is InChI=1S/C15H13ClN2O2/c1-9-6-7-17-14(16)13(9)18-15(19)11-8-20-12-5-3-2-4-10(11)12/h2-7,11H,8H2,1H3,(H,18,19). The number of para-hydroxylation sites is 1. The van der Waals surface area contributed by atoms with E-state index in [1.54, 1.807) is 12.3 Å². The molecule has 1 aromatic heterocycles. The summed E-state index contributed by atoms with van der Waals surface area (Å²) in [7, 11) is 0. The van der Waals surface area contributed by atoms with Crippen molar-refractivity contribution in [2.45, 2.75) is 12.8 Å².